The van der Waals surface area contributed by atoms with Gasteiger partial charge in [0.2, 0.25) is 6.04 Å². The third kappa shape index (κ3) is 3.64. The lowest BCUT2D eigenvalue weighted by Gasteiger charge is -2.60. The fourth-order valence-electron chi connectivity index (χ4n) is 9.51. The Morgan fingerprint density at radius 2 is 1.67 bits per heavy atom. The maximum atomic E-state index is 12.3. The van der Waals surface area contributed by atoms with E-state index in [0.29, 0.717) is 34.5 Å². The van der Waals surface area contributed by atoms with Crippen LogP contribution in [-0.4, -0.2) is 11.0 Å². The fourth-order valence-corrected chi connectivity index (χ4v) is 9.51. The van der Waals surface area contributed by atoms with E-state index < -0.39 is 0 Å². The van der Waals surface area contributed by atoms with Crippen molar-refractivity contribution < 1.29 is 4.92 Å². The van der Waals surface area contributed by atoms with Crippen LogP contribution in [0.1, 0.15) is 112 Å². The zero-order valence-corrected chi connectivity index (χ0v) is 20.4. The van der Waals surface area contributed by atoms with Crippen LogP contribution in [0.15, 0.2) is 0 Å². The van der Waals surface area contributed by atoms with Gasteiger partial charge in [-0.1, -0.05) is 66.7 Å². The molecule has 172 valence electrons. The molecule has 4 aliphatic carbocycles. The van der Waals surface area contributed by atoms with Crippen LogP contribution in [0.3, 0.4) is 0 Å². The molecule has 0 bridgehead atoms. The second kappa shape index (κ2) is 8.39. The molecule has 4 saturated carbocycles. The van der Waals surface area contributed by atoms with E-state index in [9.17, 15) is 10.1 Å². The SMILES string of the molecule is CC(C)CCC[C@@H](C)[C@@H]1CC[C@@H]2[C@@H]3[C@H]([N+](=O)[O-])C[C@H]4CCCC[C@]4(C)[C@@H]3CC[C@@]21C. The molecule has 30 heavy (non-hydrogen) atoms. The van der Waals surface area contributed by atoms with E-state index in [2.05, 4.69) is 34.6 Å². The zero-order chi connectivity index (χ0) is 21.7. The van der Waals surface area contributed by atoms with Gasteiger partial charge in [-0.25, -0.2) is 0 Å². The molecule has 0 N–H and O–H groups in total. The lowest BCUT2D eigenvalue weighted by molar-refractivity contribution is -0.548. The second-order valence-corrected chi connectivity index (χ2v) is 12.9. The highest BCUT2D eigenvalue weighted by Gasteiger charge is 2.65. The van der Waals surface area contributed by atoms with Crippen LogP contribution in [0.25, 0.3) is 0 Å². The first-order valence-electron chi connectivity index (χ1n) is 13.3. The molecule has 4 fully saturated rings. The minimum absolute atomic E-state index is 0.164. The molecule has 0 aromatic heterocycles. The predicted octanol–water partition coefficient (Wildman–Crippen LogP) is 7.75. The number of fused-ring (bicyclic) bond motifs is 5. The Bertz CT molecular complexity index is 632. The summed E-state index contributed by atoms with van der Waals surface area (Å²) in [5.74, 6) is 4.46. The van der Waals surface area contributed by atoms with Crippen LogP contribution < -0.4 is 0 Å². The predicted molar refractivity (Wildman–Crippen MR) is 124 cm³/mol. The molecule has 0 saturated heterocycles. The van der Waals surface area contributed by atoms with E-state index in [-0.39, 0.29) is 11.0 Å². The Kier molecular flexibility index (Phi) is 6.32. The van der Waals surface area contributed by atoms with Crippen LogP contribution in [0, 0.1) is 62.4 Å². The summed E-state index contributed by atoms with van der Waals surface area (Å²) in [6, 6.07) is -0.272. The average Bonchev–Trinajstić information content (AvgIpc) is 3.03. The van der Waals surface area contributed by atoms with Crippen LogP contribution in [0.4, 0.5) is 0 Å². The first-order chi connectivity index (χ1) is 14.2. The van der Waals surface area contributed by atoms with Crippen molar-refractivity contribution in [1.82, 2.24) is 0 Å². The Balaban J connectivity index is 1.57. The summed E-state index contributed by atoms with van der Waals surface area (Å²) in [7, 11) is 0. The first kappa shape index (κ1) is 22.6. The number of nitrogens with zero attached hydrogens (tertiary/aromatic N) is 1. The summed E-state index contributed by atoms with van der Waals surface area (Å²) in [5, 5.41) is 12.3. The summed E-state index contributed by atoms with van der Waals surface area (Å²) in [5.41, 5.74) is 0.711. The number of rotatable bonds is 6. The Hall–Kier alpha value is -0.600. The molecule has 9 atom stereocenters. The van der Waals surface area contributed by atoms with E-state index in [4.69, 9.17) is 0 Å². The van der Waals surface area contributed by atoms with Crippen molar-refractivity contribution in [1.29, 1.82) is 0 Å². The van der Waals surface area contributed by atoms with Crippen LogP contribution in [0.5, 0.6) is 0 Å². The van der Waals surface area contributed by atoms with Crippen molar-refractivity contribution >= 4 is 0 Å². The van der Waals surface area contributed by atoms with E-state index in [0.717, 1.165) is 24.2 Å². The third-order valence-electron chi connectivity index (χ3n) is 11.1. The second-order valence-electron chi connectivity index (χ2n) is 12.9. The van der Waals surface area contributed by atoms with Gasteiger partial charge < -0.3 is 0 Å². The Morgan fingerprint density at radius 3 is 2.37 bits per heavy atom. The number of hydrogen-bond donors (Lipinski definition) is 0. The van der Waals surface area contributed by atoms with Gasteiger partial charge >= 0.3 is 0 Å². The molecule has 0 aliphatic heterocycles. The quantitative estimate of drug-likeness (QED) is 0.327. The topological polar surface area (TPSA) is 43.1 Å². The average molecular weight is 418 g/mol. The largest absolute Gasteiger partial charge is 0.264 e. The number of nitro groups is 1. The van der Waals surface area contributed by atoms with Crippen molar-refractivity contribution in [3.8, 4) is 0 Å². The summed E-state index contributed by atoms with van der Waals surface area (Å²) < 4.78 is 0. The molecule has 0 aromatic carbocycles. The Labute approximate surface area is 185 Å². The molecule has 0 aromatic rings. The number of hydrogen-bond acceptors (Lipinski definition) is 2. The van der Waals surface area contributed by atoms with Gasteiger partial charge in [0.05, 0.1) is 0 Å². The molecule has 0 heterocycles. The van der Waals surface area contributed by atoms with Crippen molar-refractivity contribution in [3.05, 3.63) is 10.1 Å². The highest BCUT2D eigenvalue weighted by molar-refractivity contribution is 5.11. The van der Waals surface area contributed by atoms with Gasteiger partial charge in [0.1, 0.15) is 0 Å². The van der Waals surface area contributed by atoms with E-state index in [1.54, 1.807) is 0 Å². The summed E-state index contributed by atoms with van der Waals surface area (Å²) >= 11 is 0. The zero-order valence-electron chi connectivity index (χ0n) is 20.4. The smallest absolute Gasteiger partial charge is 0.216 e. The first-order valence-corrected chi connectivity index (χ1v) is 13.3. The van der Waals surface area contributed by atoms with Crippen molar-refractivity contribution in [2.24, 2.45) is 52.3 Å². The lowest BCUT2D eigenvalue weighted by atomic mass is 9.43. The van der Waals surface area contributed by atoms with Gasteiger partial charge in [-0.15, -0.1) is 0 Å². The third-order valence-corrected chi connectivity index (χ3v) is 11.1. The molecule has 0 amide bonds. The molecule has 0 spiro atoms. The minimum atomic E-state index is -0.272. The van der Waals surface area contributed by atoms with Crippen LogP contribution >= 0.6 is 0 Å². The molecule has 4 aliphatic rings. The van der Waals surface area contributed by atoms with Gasteiger partial charge in [-0.05, 0) is 84.9 Å². The van der Waals surface area contributed by atoms with E-state index in [1.807, 2.05) is 0 Å². The summed E-state index contributed by atoms with van der Waals surface area (Å²) in [6.07, 6.45) is 15.2. The Morgan fingerprint density at radius 1 is 0.933 bits per heavy atom. The molecule has 3 nitrogen and oxygen atoms in total. The normalized spacial score (nSPS) is 46.7. The van der Waals surface area contributed by atoms with Crippen LogP contribution in [-0.2, 0) is 0 Å². The molecule has 0 radical (unpaired) electrons. The van der Waals surface area contributed by atoms with Gasteiger partial charge in [-0.2, -0.15) is 0 Å². The van der Waals surface area contributed by atoms with Gasteiger partial charge in [0.15, 0.2) is 0 Å². The lowest BCUT2D eigenvalue weighted by Crippen LogP contribution is -2.59. The monoisotopic (exact) mass is 417 g/mol. The fraction of sp³-hybridized carbons (Fsp3) is 1.00. The summed E-state index contributed by atoms with van der Waals surface area (Å²) in [4.78, 5) is 12.5. The van der Waals surface area contributed by atoms with E-state index in [1.165, 1.54) is 70.6 Å². The maximum absolute atomic E-state index is 12.3. The molecular weight excluding hydrogens is 370 g/mol. The molecule has 4 rings (SSSR count). The van der Waals surface area contributed by atoms with Crippen molar-refractivity contribution in [2.75, 3.05) is 0 Å². The van der Waals surface area contributed by atoms with Gasteiger partial charge in [-0.3, -0.25) is 10.1 Å². The minimum Gasteiger partial charge on any atom is -0.264 e. The summed E-state index contributed by atoms with van der Waals surface area (Å²) in [6.45, 7) is 12.2. The van der Waals surface area contributed by atoms with E-state index >= 15 is 0 Å². The highest BCUT2D eigenvalue weighted by atomic mass is 16.6. The highest BCUT2D eigenvalue weighted by Crippen LogP contribution is 2.68. The molecule has 3 heteroatoms. The van der Waals surface area contributed by atoms with Crippen molar-refractivity contribution in [2.45, 2.75) is 118 Å². The van der Waals surface area contributed by atoms with Gasteiger partial charge in [0.25, 0.3) is 0 Å². The van der Waals surface area contributed by atoms with Gasteiger partial charge in [0, 0.05) is 17.3 Å². The van der Waals surface area contributed by atoms with Crippen LogP contribution in [0.2, 0.25) is 0 Å². The maximum Gasteiger partial charge on any atom is 0.216 e. The standard InChI is InChI=1S/C27H47NO2/c1-18(2)9-8-10-19(3)21-12-13-22-25-23(14-16-27(21,22)5)26(4)15-7-6-11-20(26)17-24(25)28(29)30/h18-25H,6-17H2,1-5H3/t19-,20-,21+,22-,23-,24-,25+,26+,27-/m1/s1. The van der Waals surface area contributed by atoms with Crippen molar-refractivity contribution in [3.63, 3.8) is 0 Å². The molecular formula is C27H47NO2. The molecule has 0 unspecified atom stereocenters.